The summed E-state index contributed by atoms with van der Waals surface area (Å²) in [6, 6.07) is 26.3. The van der Waals surface area contributed by atoms with Gasteiger partial charge in [0, 0.05) is 30.0 Å². The van der Waals surface area contributed by atoms with E-state index in [1.54, 1.807) is 6.07 Å². The Bertz CT molecular complexity index is 1570. The molecule has 1 unspecified atom stereocenters. The van der Waals surface area contributed by atoms with Gasteiger partial charge in [0.2, 0.25) is 0 Å². The highest BCUT2D eigenvalue weighted by Crippen LogP contribution is 2.43. The Morgan fingerprint density at radius 3 is 2.16 bits per heavy atom. The van der Waals surface area contributed by atoms with E-state index in [4.69, 9.17) is 0 Å². The number of Topliss-reactive ketones (excluding diaryl/α,β-unsaturated/α-hetero) is 1. The summed E-state index contributed by atoms with van der Waals surface area (Å²) in [6.07, 6.45) is 0. The summed E-state index contributed by atoms with van der Waals surface area (Å²) >= 11 is 0. The van der Waals surface area contributed by atoms with E-state index in [0.29, 0.717) is 11.3 Å². The summed E-state index contributed by atoms with van der Waals surface area (Å²) in [6.45, 7) is 9.96. The second-order valence-electron chi connectivity index (χ2n) is 9.76. The predicted octanol–water partition coefficient (Wildman–Crippen LogP) is 6.93. The molecule has 1 heterocycles. The molecule has 1 aliphatic rings. The van der Waals surface area contributed by atoms with Crippen molar-refractivity contribution in [2.24, 2.45) is 0 Å². The number of nitrogens with zero attached hydrogens (tertiary/aromatic N) is 2. The molecule has 1 fully saturated rings. The maximum absolute atomic E-state index is 13.6. The minimum atomic E-state index is -0.755. The van der Waals surface area contributed by atoms with Crippen LogP contribution in [0.3, 0.4) is 0 Å². The summed E-state index contributed by atoms with van der Waals surface area (Å²) in [7, 11) is 0. The topological polar surface area (TPSA) is 60.9 Å². The first-order valence-electron chi connectivity index (χ1n) is 13.1. The first kappa shape index (κ1) is 25.3. The van der Waals surface area contributed by atoms with Crippen molar-refractivity contribution < 1.29 is 14.7 Å². The molecule has 192 valence electrons. The van der Waals surface area contributed by atoms with Crippen molar-refractivity contribution in [3.05, 3.63) is 113 Å². The molecule has 1 saturated heterocycles. The lowest BCUT2D eigenvalue weighted by Crippen LogP contribution is -2.29. The SMILES string of the molecule is CCN(CC)c1ccc(C2/C(=C(/O)c3ccc4ccccc4c3)C(=O)C(=O)N2c2ccc(C)c(C)c2)cc1. The van der Waals surface area contributed by atoms with Crippen LogP contribution < -0.4 is 9.80 Å². The van der Waals surface area contributed by atoms with E-state index in [2.05, 4.69) is 18.7 Å². The normalized spacial score (nSPS) is 16.8. The number of hydrogen-bond donors (Lipinski definition) is 1. The van der Waals surface area contributed by atoms with Crippen LogP contribution in [0.25, 0.3) is 16.5 Å². The van der Waals surface area contributed by atoms with E-state index in [1.165, 1.54) is 4.90 Å². The molecule has 38 heavy (non-hydrogen) atoms. The van der Waals surface area contributed by atoms with Gasteiger partial charge < -0.3 is 10.0 Å². The summed E-state index contributed by atoms with van der Waals surface area (Å²) in [5.74, 6) is -1.50. The molecule has 4 aromatic rings. The van der Waals surface area contributed by atoms with Crippen LogP contribution in [-0.4, -0.2) is 29.9 Å². The van der Waals surface area contributed by atoms with Gasteiger partial charge in [-0.15, -0.1) is 0 Å². The van der Waals surface area contributed by atoms with Crippen LogP contribution in [0.4, 0.5) is 11.4 Å². The number of amides is 1. The quantitative estimate of drug-likeness (QED) is 0.176. The van der Waals surface area contributed by atoms with Crippen LogP contribution >= 0.6 is 0 Å². The van der Waals surface area contributed by atoms with Crippen molar-refractivity contribution in [2.45, 2.75) is 33.7 Å². The molecule has 0 bridgehead atoms. The van der Waals surface area contributed by atoms with E-state index in [9.17, 15) is 14.7 Å². The average molecular weight is 505 g/mol. The third-order valence-electron chi connectivity index (χ3n) is 7.57. The van der Waals surface area contributed by atoms with Gasteiger partial charge in [0.05, 0.1) is 11.6 Å². The van der Waals surface area contributed by atoms with Gasteiger partial charge in [-0.3, -0.25) is 14.5 Å². The van der Waals surface area contributed by atoms with Gasteiger partial charge in [0.25, 0.3) is 11.7 Å². The number of ketones is 1. The average Bonchev–Trinajstić information content (AvgIpc) is 3.20. The summed E-state index contributed by atoms with van der Waals surface area (Å²) in [4.78, 5) is 30.8. The molecule has 4 aromatic carbocycles. The Labute approximate surface area is 223 Å². The number of carbonyl (C=O) groups excluding carboxylic acids is 2. The Morgan fingerprint density at radius 2 is 1.50 bits per heavy atom. The smallest absolute Gasteiger partial charge is 0.300 e. The van der Waals surface area contributed by atoms with Crippen LogP contribution in [0.2, 0.25) is 0 Å². The zero-order valence-corrected chi connectivity index (χ0v) is 22.2. The van der Waals surface area contributed by atoms with Gasteiger partial charge >= 0.3 is 0 Å². The largest absolute Gasteiger partial charge is 0.507 e. The number of rotatable bonds is 6. The highest BCUT2D eigenvalue weighted by atomic mass is 16.3. The van der Waals surface area contributed by atoms with Crippen molar-refractivity contribution in [2.75, 3.05) is 22.9 Å². The minimum absolute atomic E-state index is 0.0964. The number of aryl methyl sites for hydroxylation is 2. The molecule has 1 N–H and O–H groups in total. The summed E-state index contributed by atoms with van der Waals surface area (Å²) in [5, 5.41) is 13.5. The van der Waals surface area contributed by atoms with E-state index in [-0.39, 0.29) is 11.3 Å². The Morgan fingerprint density at radius 1 is 0.816 bits per heavy atom. The van der Waals surface area contributed by atoms with Crippen LogP contribution in [0.5, 0.6) is 0 Å². The standard InChI is InChI=1S/C33H32N2O3/c1-5-34(6-2)27-17-14-24(15-18-27)30-29(31(36)26-13-12-23-9-7-8-10-25(23)20-26)32(37)33(38)35(30)28-16-11-21(3)22(4)19-28/h7-20,30,36H,5-6H2,1-4H3/b31-29-. The summed E-state index contributed by atoms with van der Waals surface area (Å²) < 4.78 is 0. The lowest BCUT2D eigenvalue weighted by atomic mass is 9.94. The van der Waals surface area contributed by atoms with Gasteiger partial charge in [-0.1, -0.05) is 54.6 Å². The molecule has 5 nitrogen and oxygen atoms in total. The van der Waals surface area contributed by atoms with E-state index < -0.39 is 17.7 Å². The van der Waals surface area contributed by atoms with E-state index in [0.717, 1.165) is 46.2 Å². The molecule has 1 atom stereocenters. The molecular weight excluding hydrogens is 472 g/mol. The van der Waals surface area contributed by atoms with Gasteiger partial charge in [-0.25, -0.2) is 0 Å². The second-order valence-corrected chi connectivity index (χ2v) is 9.76. The monoisotopic (exact) mass is 504 g/mol. The molecule has 0 spiro atoms. The predicted molar refractivity (Wildman–Crippen MR) is 155 cm³/mol. The van der Waals surface area contributed by atoms with Crippen molar-refractivity contribution in [1.29, 1.82) is 0 Å². The Balaban J connectivity index is 1.70. The number of anilines is 2. The Hall–Kier alpha value is -4.38. The third kappa shape index (κ3) is 4.34. The Kier molecular flexibility index (Phi) is 6.77. The maximum atomic E-state index is 13.6. The van der Waals surface area contributed by atoms with Gasteiger partial charge in [-0.05, 0) is 85.5 Å². The van der Waals surface area contributed by atoms with Crippen LogP contribution in [0.15, 0.2) is 90.5 Å². The first-order chi connectivity index (χ1) is 18.3. The zero-order valence-electron chi connectivity index (χ0n) is 22.2. The van der Waals surface area contributed by atoms with Crippen molar-refractivity contribution in [3.63, 3.8) is 0 Å². The van der Waals surface area contributed by atoms with Crippen LogP contribution in [0.1, 0.15) is 42.1 Å². The number of carbonyl (C=O) groups is 2. The first-order valence-corrected chi connectivity index (χ1v) is 13.1. The van der Waals surface area contributed by atoms with Crippen molar-refractivity contribution in [1.82, 2.24) is 0 Å². The fraction of sp³-hybridized carbons (Fsp3) is 0.212. The van der Waals surface area contributed by atoms with Crippen molar-refractivity contribution in [3.8, 4) is 0 Å². The van der Waals surface area contributed by atoms with Crippen LogP contribution in [0, 0.1) is 13.8 Å². The highest BCUT2D eigenvalue weighted by Gasteiger charge is 2.47. The number of aliphatic hydroxyl groups is 1. The molecule has 1 amide bonds. The zero-order chi connectivity index (χ0) is 27.0. The van der Waals surface area contributed by atoms with Gasteiger partial charge in [0.1, 0.15) is 5.76 Å². The molecule has 0 aliphatic carbocycles. The molecule has 5 rings (SSSR count). The summed E-state index contributed by atoms with van der Waals surface area (Å²) in [5.41, 5.74) is 5.18. The number of aliphatic hydroxyl groups excluding tert-OH is 1. The molecule has 5 heteroatoms. The fourth-order valence-corrected chi connectivity index (χ4v) is 5.24. The molecule has 0 aromatic heterocycles. The lowest BCUT2D eigenvalue weighted by molar-refractivity contribution is -0.132. The van der Waals surface area contributed by atoms with Crippen molar-refractivity contribution >= 4 is 39.6 Å². The van der Waals surface area contributed by atoms with E-state index >= 15 is 0 Å². The minimum Gasteiger partial charge on any atom is -0.507 e. The fourth-order valence-electron chi connectivity index (χ4n) is 5.24. The number of fused-ring (bicyclic) bond motifs is 1. The maximum Gasteiger partial charge on any atom is 0.300 e. The second kappa shape index (κ2) is 10.2. The van der Waals surface area contributed by atoms with Gasteiger partial charge in [0.15, 0.2) is 0 Å². The molecule has 1 aliphatic heterocycles. The molecule has 0 radical (unpaired) electrons. The van der Waals surface area contributed by atoms with Crippen LogP contribution in [-0.2, 0) is 9.59 Å². The third-order valence-corrected chi connectivity index (χ3v) is 7.57. The van der Waals surface area contributed by atoms with Gasteiger partial charge in [-0.2, -0.15) is 0 Å². The lowest BCUT2D eigenvalue weighted by Gasteiger charge is -2.27. The highest BCUT2D eigenvalue weighted by molar-refractivity contribution is 6.51. The van der Waals surface area contributed by atoms with E-state index in [1.807, 2.05) is 92.7 Å². The molecule has 0 saturated carbocycles. The molecular formula is C33H32N2O3. The number of hydrogen-bond acceptors (Lipinski definition) is 4. The number of benzene rings is 4.